The van der Waals surface area contributed by atoms with Gasteiger partial charge in [0.05, 0.1) is 18.5 Å². The summed E-state index contributed by atoms with van der Waals surface area (Å²) in [7, 11) is -4.39. The summed E-state index contributed by atoms with van der Waals surface area (Å²) in [4.78, 5) is 27.1. The highest BCUT2D eigenvalue weighted by Crippen LogP contribution is 2.29. The van der Waals surface area contributed by atoms with E-state index in [9.17, 15) is 23.1 Å². The van der Waals surface area contributed by atoms with Crippen molar-refractivity contribution in [3.63, 3.8) is 0 Å². The fraction of sp³-hybridized carbons (Fsp3) is 0.333. The van der Waals surface area contributed by atoms with Crippen molar-refractivity contribution in [2.24, 2.45) is 0 Å². The molecule has 1 aromatic heterocycles. The molecule has 0 saturated heterocycles. The van der Waals surface area contributed by atoms with Gasteiger partial charge in [0, 0.05) is 36.7 Å². The highest BCUT2D eigenvalue weighted by atomic mass is 32.2. The van der Waals surface area contributed by atoms with E-state index in [1.807, 2.05) is 30.3 Å². The molecule has 0 aliphatic rings. The van der Waals surface area contributed by atoms with Crippen LogP contribution in [-0.2, 0) is 30.8 Å². The second-order valence-corrected chi connectivity index (χ2v) is 11.5. The number of nitrogens with one attached hydrogen (secondary N) is 3. The number of carboxylic acids is 1. The average Bonchev–Trinajstić information content (AvgIpc) is 2.82. The van der Waals surface area contributed by atoms with Gasteiger partial charge in [0.1, 0.15) is 22.3 Å². The highest BCUT2D eigenvalue weighted by Gasteiger charge is 2.31. The lowest BCUT2D eigenvalue weighted by atomic mass is 10.1. The van der Waals surface area contributed by atoms with Crippen LogP contribution in [-0.4, -0.2) is 54.5 Å². The van der Waals surface area contributed by atoms with Gasteiger partial charge in [-0.25, -0.2) is 8.42 Å². The lowest BCUT2D eigenvalue weighted by Gasteiger charge is -2.26. The third-order valence-electron chi connectivity index (χ3n) is 5.33. The van der Waals surface area contributed by atoms with Crippen LogP contribution >= 0.6 is 0 Å². The Kier molecular flexibility index (Phi) is 9.25. The van der Waals surface area contributed by atoms with Crippen LogP contribution in [0.5, 0.6) is 5.75 Å². The van der Waals surface area contributed by atoms with Crippen molar-refractivity contribution >= 4 is 44.4 Å². The molecule has 4 N–H and O–H groups in total. The molecule has 1 heterocycles. The molecule has 39 heavy (non-hydrogen) atoms. The number of hydrogen-bond acceptors (Lipinski definition) is 8. The Morgan fingerprint density at radius 1 is 1.13 bits per heavy atom. The maximum absolute atomic E-state index is 13.4. The summed E-state index contributed by atoms with van der Waals surface area (Å²) < 4.78 is 40.5. The van der Waals surface area contributed by atoms with Crippen LogP contribution in [0.3, 0.4) is 0 Å². The number of aliphatic carboxylic acids is 1. The van der Waals surface area contributed by atoms with E-state index >= 15 is 0 Å². The largest absolute Gasteiger partial charge is 0.492 e. The number of aromatic nitrogens is 1. The van der Waals surface area contributed by atoms with Crippen LogP contribution in [0.1, 0.15) is 39.7 Å². The summed E-state index contributed by atoms with van der Waals surface area (Å²) in [5, 5.41) is 21.0. The molecule has 1 amide bonds. The fourth-order valence-electron chi connectivity index (χ4n) is 3.79. The Morgan fingerprint density at radius 3 is 2.54 bits per heavy atom. The minimum absolute atomic E-state index is 0.0514. The summed E-state index contributed by atoms with van der Waals surface area (Å²) in [6.45, 7) is 6.39. The van der Waals surface area contributed by atoms with Gasteiger partial charge >= 0.3 is 5.97 Å². The van der Waals surface area contributed by atoms with Crippen molar-refractivity contribution in [3.8, 4) is 5.75 Å². The van der Waals surface area contributed by atoms with E-state index < -0.39 is 40.0 Å². The van der Waals surface area contributed by atoms with Crippen molar-refractivity contribution in [1.82, 2.24) is 9.71 Å². The summed E-state index contributed by atoms with van der Waals surface area (Å²) in [5.41, 5.74) is 1.25. The number of fused-ring (bicyclic) bond motifs is 1. The zero-order valence-corrected chi connectivity index (χ0v) is 23.0. The molecule has 2 aromatic carbocycles. The zero-order chi connectivity index (χ0) is 28.8. The van der Waals surface area contributed by atoms with E-state index in [-0.39, 0.29) is 23.2 Å². The van der Waals surface area contributed by atoms with E-state index in [0.29, 0.717) is 12.1 Å². The average molecular weight is 557 g/mol. The van der Waals surface area contributed by atoms with Gasteiger partial charge in [-0.3, -0.25) is 20.0 Å². The molecule has 11 nitrogen and oxygen atoms in total. The van der Waals surface area contributed by atoms with Gasteiger partial charge in [-0.2, -0.15) is 4.72 Å². The molecule has 0 saturated carbocycles. The van der Waals surface area contributed by atoms with Gasteiger partial charge in [-0.1, -0.05) is 18.2 Å². The van der Waals surface area contributed by atoms with Gasteiger partial charge in [0.25, 0.3) is 0 Å². The fourth-order valence-corrected chi connectivity index (χ4v) is 5.12. The number of benzene rings is 2. The molecule has 1 atom stereocenters. The van der Waals surface area contributed by atoms with Crippen molar-refractivity contribution < 1.29 is 32.6 Å². The minimum atomic E-state index is -4.39. The maximum atomic E-state index is 13.4. The number of pyridine rings is 1. The van der Waals surface area contributed by atoms with Crippen LogP contribution in [0.25, 0.3) is 10.9 Å². The number of nitrogens with zero attached hydrogens (tertiary/aromatic N) is 1. The molecule has 208 valence electrons. The Hall–Kier alpha value is -4.03. The molecule has 0 radical (unpaired) electrons. The number of rotatable bonds is 11. The van der Waals surface area contributed by atoms with Gasteiger partial charge in [0.15, 0.2) is 5.90 Å². The monoisotopic (exact) mass is 556 g/mol. The zero-order valence-electron chi connectivity index (χ0n) is 22.1. The smallest absolute Gasteiger partial charge is 0.305 e. The minimum Gasteiger partial charge on any atom is -0.492 e. The molecule has 3 rings (SSSR count). The number of amides is 1. The molecule has 0 unspecified atom stereocenters. The molecule has 0 fully saturated rings. The van der Waals surface area contributed by atoms with Gasteiger partial charge in [-0.05, 0) is 50.6 Å². The van der Waals surface area contributed by atoms with Crippen LogP contribution in [0.15, 0.2) is 59.6 Å². The van der Waals surface area contributed by atoms with E-state index in [2.05, 4.69) is 15.0 Å². The number of ether oxygens (including phenoxy) is 2. The number of carbonyl (C=O) groups is 2. The number of anilines is 1. The lowest BCUT2D eigenvalue weighted by Crippen LogP contribution is -2.45. The number of sulfonamides is 1. The van der Waals surface area contributed by atoms with Gasteiger partial charge in [0.2, 0.25) is 15.9 Å². The third kappa shape index (κ3) is 8.48. The summed E-state index contributed by atoms with van der Waals surface area (Å²) in [5.74, 6) is -2.25. The van der Waals surface area contributed by atoms with E-state index in [0.717, 1.165) is 16.5 Å². The standard InChI is InChI=1S/C27H32N4O7S/c1-17(32)30-19-10-11-24(39(35,36)31-22(16-25(33)34)26(28)38-27(2,3)4)23(15-19)37-14-12-18-7-5-9-21-20(18)8-6-13-29-21/h5-11,13,15,22,28,31H,12,14,16H2,1-4H3,(H,30,32)(H,33,34)/t22-/m0/s1. The third-order valence-corrected chi connectivity index (χ3v) is 6.84. The lowest BCUT2D eigenvalue weighted by molar-refractivity contribution is -0.137. The normalized spacial score (nSPS) is 12.5. The predicted molar refractivity (Wildman–Crippen MR) is 147 cm³/mol. The Morgan fingerprint density at radius 2 is 1.87 bits per heavy atom. The predicted octanol–water partition coefficient (Wildman–Crippen LogP) is 3.73. The molecular weight excluding hydrogens is 524 g/mol. The van der Waals surface area contributed by atoms with Crippen molar-refractivity contribution in [3.05, 3.63) is 60.3 Å². The van der Waals surface area contributed by atoms with Crippen molar-refractivity contribution in [1.29, 1.82) is 5.41 Å². The molecule has 0 bridgehead atoms. The molecule has 12 heteroatoms. The van der Waals surface area contributed by atoms with Crippen LogP contribution < -0.4 is 14.8 Å². The topological polar surface area (TPSA) is 168 Å². The number of carbonyl (C=O) groups excluding carboxylic acids is 1. The van der Waals surface area contributed by atoms with E-state index in [1.54, 1.807) is 27.0 Å². The van der Waals surface area contributed by atoms with Crippen LogP contribution in [0.2, 0.25) is 0 Å². The van der Waals surface area contributed by atoms with Gasteiger partial charge in [-0.15, -0.1) is 0 Å². The molecule has 0 spiro atoms. The van der Waals surface area contributed by atoms with Crippen LogP contribution in [0, 0.1) is 5.41 Å². The van der Waals surface area contributed by atoms with Crippen LogP contribution in [0.4, 0.5) is 5.69 Å². The van der Waals surface area contributed by atoms with E-state index in [4.69, 9.17) is 14.9 Å². The van der Waals surface area contributed by atoms with Crippen molar-refractivity contribution in [2.45, 2.75) is 57.1 Å². The maximum Gasteiger partial charge on any atom is 0.305 e. The molecular formula is C27H32N4O7S. The molecule has 0 aliphatic carbocycles. The highest BCUT2D eigenvalue weighted by molar-refractivity contribution is 7.89. The first kappa shape index (κ1) is 29.5. The first-order valence-corrected chi connectivity index (χ1v) is 13.6. The first-order chi connectivity index (χ1) is 18.2. The van der Waals surface area contributed by atoms with Crippen molar-refractivity contribution in [2.75, 3.05) is 11.9 Å². The quantitative estimate of drug-likeness (QED) is 0.205. The summed E-state index contributed by atoms with van der Waals surface area (Å²) in [6.07, 6.45) is 1.43. The first-order valence-electron chi connectivity index (χ1n) is 12.1. The molecule has 0 aliphatic heterocycles. The van der Waals surface area contributed by atoms with Gasteiger partial charge < -0.3 is 19.9 Å². The SMILES string of the molecule is CC(=O)Nc1ccc(S(=O)(=O)N[C@@H](CC(=O)O)C(=N)OC(C)(C)C)c(OCCc2cccc3ncccc23)c1. The second kappa shape index (κ2) is 12.2. The summed E-state index contributed by atoms with van der Waals surface area (Å²) in [6, 6.07) is 12.0. The second-order valence-electron chi connectivity index (χ2n) is 9.78. The number of carboxylic acid groups (broad SMARTS) is 1. The summed E-state index contributed by atoms with van der Waals surface area (Å²) >= 11 is 0. The Bertz CT molecular complexity index is 1480. The Balaban J connectivity index is 1.90. The van der Waals surface area contributed by atoms with E-state index in [1.165, 1.54) is 25.1 Å². The molecule has 3 aromatic rings. The number of hydrogen-bond donors (Lipinski definition) is 4. The Labute approximate surface area is 227 Å².